The van der Waals surface area contributed by atoms with Crippen LogP contribution in [0.4, 0.5) is 0 Å². The predicted octanol–water partition coefficient (Wildman–Crippen LogP) is 3.71. The molecule has 0 aromatic rings. The lowest BCUT2D eigenvalue weighted by atomic mass is 9.96. The molecular formula is C15H27O3+. The Balaban J connectivity index is 3.50. The summed E-state index contributed by atoms with van der Waals surface area (Å²) >= 11 is 0. The predicted molar refractivity (Wildman–Crippen MR) is 73.1 cm³/mol. The summed E-state index contributed by atoms with van der Waals surface area (Å²) in [6.45, 7) is 7.85. The summed E-state index contributed by atoms with van der Waals surface area (Å²) in [7, 11) is 0. The van der Waals surface area contributed by atoms with Crippen molar-refractivity contribution in [2.75, 3.05) is 6.61 Å². The molecule has 0 aliphatic heterocycles. The van der Waals surface area contributed by atoms with Crippen LogP contribution in [-0.4, -0.2) is 18.4 Å². The summed E-state index contributed by atoms with van der Waals surface area (Å²) in [6.07, 6.45) is 7.07. The maximum atomic E-state index is 11.4. The Kier molecular flexibility index (Phi) is 10.5. The van der Waals surface area contributed by atoms with Crippen molar-refractivity contribution in [3.8, 4) is 0 Å². The average Bonchev–Trinajstić information content (AvgIpc) is 2.34. The van der Waals surface area contributed by atoms with E-state index in [1.807, 2.05) is 6.92 Å². The highest BCUT2D eigenvalue weighted by atomic mass is 16.5. The summed E-state index contributed by atoms with van der Waals surface area (Å²) in [5, 5.41) is 0. The van der Waals surface area contributed by atoms with E-state index in [2.05, 4.69) is 6.92 Å². The second-order valence-corrected chi connectivity index (χ2v) is 4.74. The first kappa shape index (κ1) is 17.0. The highest BCUT2D eigenvalue weighted by molar-refractivity contribution is 5.79. The van der Waals surface area contributed by atoms with Crippen molar-refractivity contribution in [1.29, 1.82) is 0 Å². The van der Waals surface area contributed by atoms with E-state index in [1.165, 1.54) is 0 Å². The number of ether oxygens (including phenoxy) is 1. The zero-order chi connectivity index (χ0) is 13.8. The van der Waals surface area contributed by atoms with Gasteiger partial charge in [0.2, 0.25) is 0 Å². The zero-order valence-electron chi connectivity index (χ0n) is 11.9. The largest absolute Gasteiger partial charge is 0.466 e. The number of ketones is 1. The van der Waals surface area contributed by atoms with Crippen LogP contribution in [0.2, 0.25) is 0 Å². The van der Waals surface area contributed by atoms with Gasteiger partial charge in [0.15, 0.2) is 0 Å². The molecule has 0 aromatic carbocycles. The molecule has 0 aliphatic rings. The van der Waals surface area contributed by atoms with Crippen LogP contribution in [0.25, 0.3) is 0 Å². The van der Waals surface area contributed by atoms with Gasteiger partial charge in [-0.05, 0) is 45.4 Å². The SMILES string of the molecule is [CH2+]CCCCCCOC(=O)CC[C@H](CC)C(C)=O. The number of hydrogen-bond acceptors (Lipinski definition) is 3. The molecule has 3 nitrogen and oxygen atoms in total. The number of hydrogen-bond donors (Lipinski definition) is 0. The molecule has 0 aromatic heterocycles. The van der Waals surface area contributed by atoms with Crippen LogP contribution in [0.15, 0.2) is 0 Å². The Bertz CT molecular complexity index is 236. The van der Waals surface area contributed by atoms with Gasteiger partial charge in [0.25, 0.3) is 0 Å². The molecule has 0 rings (SSSR count). The smallest absolute Gasteiger partial charge is 0.305 e. The molecule has 0 heterocycles. The number of unbranched alkanes of at least 4 members (excludes halogenated alkanes) is 4. The first-order valence-corrected chi connectivity index (χ1v) is 7.07. The van der Waals surface area contributed by atoms with Gasteiger partial charge in [-0.2, -0.15) is 0 Å². The van der Waals surface area contributed by atoms with Crippen molar-refractivity contribution in [2.24, 2.45) is 5.92 Å². The monoisotopic (exact) mass is 255 g/mol. The van der Waals surface area contributed by atoms with Crippen LogP contribution >= 0.6 is 0 Å². The van der Waals surface area contributed by atoms with E-state index in [4.69, 9.17) is 4.74 Å². The summed E-state index contributed by atoms with van der Waals surface area (Å²) in [6, 6.07) is 0. The Morgan fingerprint density at radius 2 is 1.83 bits per heavy atom. The minimum Gasteiger partial charge on any atom is -0.466 e. The molecule has 3 heteroatoms. The number of esters is 1. The molecule has 0 amide bonds. The van der Waals surface area contributed by atoms with Gasteiger partial charge in [-0.3, -0.25) is 9.59 Å². The second-order valence-electron chi connectivity index (χ2n) is 4.74. The van der Waals surface area contributed by atoms with E-state index in [1.54, 1.807) is 6.92 Å². The lowest BCUT2D eigenvalue weighted by Gasteiger charge is -2.10. The number of rotatable bonds is 11. The topological polar surface area (TPSA) is 43.4 Å². The molecule has 0 saturated carbocycles. The Hall–Kier alpha value is -0.990. The quantitative estimate of drug-likeness (QED) is 0.321. The maximum Gasteiger partial charge on any atom is 0.305 e. The standard InChI is InChI=1S/C15H27O3/c1-4-6-7-8-9-12-18-15(17)11-10-14(5-2)13(3)16/h14H,1,4-12H2,2-3H3/q+1/t14-/m0/s1. The highest BCUT2D eigenvalue weighted by Gasteiger charge is 2.14. The fraction of sp³-hybridized carbons (Fsp3) is 0.800. The number of carbonyl (C=O) groups excluding carboxylic acids is 2. The molecule has 104 valence electrons. The van der Waals surface area contributed by atoms with E-state index in [-0.39, 0.29) is 17.7 Å². The van der Waals surface area contributed by atoms with Crippen molar-refractivity contribution in [3.63, 3.8) is 0 Å². The Morgan fingerprint density at radius 3 is 2.39 bits per heavy atom. The average molecular weight is 255 g/mol. The van der Waals surface area contributed by atoms with Gasteiger partial charge in [0.1, 0.15) is 5.78 Å². The third-order valence-electron chi connectivity index (χ3n) is 3.17. The van der Waals surface area contributed by atoms with Crippen molar-refractivity contribution < 1.29 is 14.3 Å². The lowest BCUT2D eigenvalue weighted by molar-refractivity contribution is -0.144. The van der Waals surface area contributed by atoms with Crippen molar-refractivity contribution in [3.05, 3.63) is 6.92 Å². The van der Waals surface area contributed by atoms with Crippen LogP contribution in [0.5, 0.6) is 0 Å². The molecule has 0 radical (unpaired) electrons. The van der Waals surface area contributed by atoms with E-state index in [9.17, 15) is 9.59 Å². The molecule has 0 saturated heterocycles. The van der Waals surface area contributed by atoms with E-state index in [0.29, 0.717) is 19.4 Å². The summed E-state index contributed by atoms with van der Waals surface area (Å²) in [5.41, 5.74) is 0. The van der Waals surface area contributed by atoms with Gasteiger partial charge >= 0.3 is 5.97 Å². The van der Waals surface area contributed by atoms with Crippen molar-refractivity contribution in [1.82, 2.24) is 0 Å². The van der Waals surface area contributed by atoms with Gasteiger partial charge in [0.05, 0.1) is 20.0 Å². The van der Waals surface area contributed by atoms with E-state index in [0.717, 1.165) is 38.5 Å². The molecule has 18 heavy (non-hydrogen) atoms. The van der Waals surface area contributed by atoms with Gasteiger partial charge < -0.3 is 4.74 Å². The zero-order valence-corrected chi connectivity index (χ0v) is 11.9. The Morgan fingerprint density at radius 1 is 1.17 bits per heavy atom. The van der Waals surface area contributed by atoms with Crippen LogP contribution in [0, 0.1) is 12.8 Å². The molecule has 1 atom stereocenters. The van der Waals surface area contributed by atoms with E-state index >= 15 is 0 Å². The number of carbonyl (C=O) groups is 2. The van der Waals surface area contributed by atoms with Crippen LogP contribution in [0.3, 0.4) is 0 Å². The molecule has 0 spiro atoms. The first-order valence-electron chi connectivity index (χ1n) is 7.07. The highest BCUT2D eigenvalue weighted by Crippen LogP contribution is 2.12. The molecule has 0 N–H and O–H groups in total. The Labute approximate surface area is 111 Å². The van der Waals surface area contributed by atoms with Crippen molar-refractivity contribution >= 4 is 11.8 Å². The minimum atomic E-state index is -0.174. The molecular weight excluding hydrogens is 228 g/mol. The molecule has 0 fully saturated rings. The molecule has 0 unspecified atom stereocenters. The van der Waals surface area contributed by atoms with Crippen LogP contribution in [-0.2, 0) is 14.3 Å². The normalized spacial score (nSPS) is 12.1. The van der Waals surface area contributed by atoms with Crippen molar-refractivity contribution in [2.45, 2.75) is 65.2 Å². The maximum absolute atomic E-state index is 11.4. The summed E-state index contributed by atoms with van der Waals surface area (Å²) in [4.78, 5) is 22.6. The fourth-order valence-corrected chi connectivity index (χ4v) is 1.88. The third kappa shape index (κ3) is 9.08. The number of Topliss-reactive ketones (excluding diaryl/α,β-unsaturated/α-hetero) is 1. The first-order chi connectivity index (χ1) is 8.61. The van der Waals surface area contributed by atoms with Gasteiger partial charge in [-0.15, -0.1) is 0 Å². The summed E-state index contributed by atoms with van der Waals surface area (Å²) < 4.78 is 5.13. The van der Waals surface area contributed by atoms with Crippen LogP contribution in [0.1, 0.15) is 65.2 Å². The molecule has 0 aliphatic carbocycles. The third-order valence-corrected chi connectivity index (χ3v) is 3.17. The van der Waals surface area contributed by atoms with Gasteiger partial charge in [0, 0.05) is 12.3 Å². The fourth-order valence-electron chi connectivity index (χ4n) is 1.88. The van der Waals surface area contributed by atoms with E-state index < -0.39 is 0 Å². The second kappa shape index (κ2) is 11.1. The van der Waals surface area contributed by atoms with Gasteiger partial charge in [-0.25, -0.2) is 0 Å². The minimum absolute atomic E-state index is 0.00889. The van der Waals surface area contributed by atoms with Crippen LogP contribution < -0.4 is 0 Å². The van der Waals surface area contributed by atoms with Gasteiger partial charge in [-0.1, -0.05) is 6.92 Å². The lowest BCUT2D eigenvalue weighted by Crippen LogP contribution is -2.13. The molecule has 0 bridgehead atoms. The summed E-state index contributed by atoms with van der Waals surface area (Å²) in [5.74, 6) is -0.0000579.